The van der Waals surface area contributed by atoms with E-state index < -0.39 is 0 Å². The lowest BCUT2D eigenvalue weighted by Gasteiger charge is -2.30. The van der Waals surface area contributed by atoms with Crippen LogP contribution in [0.5, 0.6) is 0 Å². The lowest BCUT2D eigenvalue weighted by molar-refractivity contribution is -0.139. The van der Waals surface area contributed by atoms with Crippen LogP contribution in [-0.4, -0.2) is 19.0 Å². The van der Waals surface area contributed by atoms with E-state index in [1.165, 1.54) is 0 Å². The Morgan fingerprint density at radius 3 is 1.86 bits per heavy atom. The van der Waals surface area contributed by atoms with E-state index in [2.05, 4.69) is 13.8 Å². The molecule has 0 fully saturated rings. The van der Waals surface area contributed by atoms with Crippen molar-refractivity contribution in [3.63, 3.8) is 0 Å². The van der Waals surface area contributed by atoms with Gasteiger partial charge in [0.15, 0.2) is 5.78 Å². The van der Waals surface area contributed by atoms with Gasteiger partial charge in [-0.3, -0.25) is 4.79 Å². The summed E-state index contributed by atoms with van der Waals surface area (Å²) >= 11 is 0. The van der Waals surface area contributed by atoms with Crippen LogP contribution in [0.3, 0.4) is 0 Å². The molecule has 0 radical (unpaired) electrons. The molecule has 0 spiro atoms. The molecule has 0 N–H and O–H groups in total. The standard InChI is InChI=1S/C12H24O2/c1-7-9(8-2)10(13)11(14-6)12(3,4)5/h9,11H,7-8H2,1-6H3. The molecule has 0 saturated carbocycles. The minimum absolute atomic E-state index is 0.103. The third-order valence-electron chi connectivity index (χ3n) is 2.67. The number of ketones is 1. The highest BCUT2D eigenvalue weighted by molar-refractivity contribution is 5.86. The zero-order chi connectivity index (χ0) is 11.4. The van der Waals surface area contributed by atoms with Crippen molar-refractivity contribution >= 4 is 5.78 Å². The summed E-state index contributed by atoms with van der Waals surface area (Å²) in [4.78, 5) is 12.1. The van der Waals surface area contributed by atoms with Gasteiger partial charge in [-0.25, -0.2) is 0 Å². The van der Waals surface area contributed by atoms with Gasteiger partial charge in [-0.2, -0.15) is 0 Å². The third kappa shape index (κ3) is 3.41. The molecule has 0 saturated heterocycles. The molecule has 0 aromatic heterocycles. The third-order valence-corrected chi connectivity index (χ3v) is 2.67. The van der Waals surface area contributed by atoms with E-state index in [0.717, 1.165) is 12.8 Å². The van der Waals surface area contributed by atoms with Crippen LogP contribution in [0.1, 0.15) is 47.5 Å². The van der Waals surface area contributed by atoms with E-state index in [1.807, 2.05) is 20.8 Å². The van der Waals surface area contributed by atoms with E-state index >= 15 is 0 Å². The second kappa shape index (κ2) is 5.50. The summed E-state index contributed by atoms with van der Waals surface area (Å²) in [5, 5.41) is 0. The molecule has 14 heavy (non-hydrogen) atoms. The van der Waals surface area contributed by atoms with Crippen molar-refractivity contribution in [2.24, 2.45) is 11.3 Å². The van der Waals surface area contributed by atoms with Gasteiger partial charge in [0.05, 0.1) is 0 Å². The Kier molecular flexibility index (Phi) is 5.35. The Hall–Kier alpha value is -0.370. The zero-order valence-corrected chi connectivity index (χ0v) is 10.4. The van der Waals surface area contributed by atoms with Gasteiger partial charge in [0.25, 0.3) is 0 Å². The number of hydrogen-bond donors (Lipinski definition) is 0. The predicted octanol–water partition coefficient (Wildman–Crippen LogP) is 3.05. The fourth-order valence-electron chi connectivity index (χ4n) is 1.80. The van der Waals surface area contributed by atoms with Gasteiger partial charge in [-0.05, 0) is 18.3 Å². The minimum Gasteiger partial charge on any atom is -0.373 e. The average molecular weight is 200 g/mol. The minimum atomic E-state index is -0.271. The first-order chi connectivity index (χ1) is 6.38. The molecule has 2 heteroatoms. The molecule has 0 heterocycles. The molecule has 0 aliphatic heterocycles. The molecule has 84 valence electrons. The van der Waals surface area contributed by atoms with Crippen LogP contribution >= 0.6 is 0 Å². The average Bonchev–Trinajstić information content (AvgIpc) is 2.05. The van der Waals surface area contributed by atoms with Crippen molar-refractivity contribution in [2.45, 2.75) is 53.6 Å². The summed E-state index contributed by atoms with van der Waals surface area (Å²) in [6.45, 7) is 10.2. The van der Waals surface area contributed by atoms with Crippen LogP contribution in [0.2, 0.25) is 0 Å². The first-order valence-corrected chi connectivity index (χ1v) is 5.44. The molecule has 0 aromatic rings. The van der Waals surface area contributed by atoms with Crippen LogP contribution < -0.4 is 0 Å². The highest BCUT2D eigenvalue weighted by Gasteiger charge is 2.34. The maximum absolute atomic E-state index is 12.1. The number of ether oxygens (including phenoxy) is 1. The molecular weight excluding hydrogens is 176 g/mol. The fourth-order valence-corrected chi connectivity index (χ4v) is 1.80. The van der Waals surface area contributed by atoms with Crippen LogP contribution in [-0.2, 0) is 9.53 Å². The molecule has 1 unspecified atom stereocenters. The van der Waals surface area contributed by atoms with E-state index in [9.17, 15) is 4.79 Å². The summed E-state index contributed by atoms with van der Waals surface area (Å²) in [5.74, 6) is 0.407. The predicted molar refractivity (Wildman–Crippen MR) is 59.3 cm³/mol. The lowest BCUT2D eigenvalue weighted by atomic mass is 9.81. The Bertz CT molecular complexity index is 175. The van der Waals surface area contributed by atoms with E-state index in [0.29, 0.717) is 0 Å². The summed E-state index contributed by atoms with van der Waals surface area (Å²) in [7, 11) is 1.62. The Morgan fingerprint density at radius 2 is 1.64 bits per heavy atom. The number of hydrogen-bond acceptors (Lipinski definition) is 2. The molecule has 1 atom stereocenters. The summed E-state index contributed by atoms with van der Waals surface area (Å²) in [5.41, 5.74) is -0.103. The van der Waals surface area contributed by atoms with Crippen LogP contribution in [0.15, 0.2) is 0 Å². The smallest absolute Gasteiger partial charge is 0.165 e. The number of Topliss-reactive ketones (excluding diaryl/α,β-unsaturated/α-hetero) is 1. The number of methoxy groups -OCH3 is 1. The van der Waals surface area contributed by atoms with Gasteiger partial charge in [0.1, 0.15) is 6.10 Å². The van der Waals surface area contributed by atoms with Gasteiger partial charge in [-0.15, -0.1) is 0 Å². The molecule has 0 rings (SSSR count). The normalized spacial score (nSPS) is 14.5. The van der Waals surface area contributed by atoms with Crippen LogP contribution in [0, 0.1) is 11.3 Å². The van der Waals surface area contributed by atoms with Crippen molar-refractivity contribution in [3.8, 4) is 0 Å². The van der Waals surface area contributed by atoms with Gasteiger partial charge in [0, 0.05) is 13.0 Å². The lowest BCUT2D eigenvalue weighted by Crippen LogP contribution is -2.39. The van der Waals surface area contributed by atoms with E-state index in [4.69, 9.17) is 4.74 Å². The van der Waals surface area contributed by atoms with E-state index in [-0.39, 0.29) is 23.2 Å². The SMILES string of the molecule is CCC(CC)C(=O)C(OC)C(C)(C)C. The second-order valence-electron chi connectivity index (χ2n) is 4.90. The van der Waals surface area contributed by atoms with Crippen molar-refractivity contribution in [1.29, 1.82) is 0 Å². The Labute approximate surface area is 88.0 Å². The summed E-state index contributed by atoms with van der Waals surface area (Å²) in [6.07, 6.45) is 1.55. The van der Waals surface area contributed by atoms with Gasteiger partial charge in [0.2, 0.25) is 0 Å². The highest BCUT2D eigenvalue weighted by atomic mass is 16.5. The van der Waals surface area contributed by atoms with Crippen molar-refractivity contribution < 1.29 is 9.53 Å². The first kappa shape index (κ1) is 13.6. The van der Waals surface area contributed by atoms with Gasteiger partial charge < -0.3 is 4.74 Å². The molecule has 0 amide bonds. The molecule has 0 aliphatic carbocycles. The van der Waals surface area contributed by atoms with Crippen molar-refractivity contribution in [1.82, 2.24) is 0 Å². The van der Waals surface area contributed by atoms with Crippen LogP contribution in [0.25, 0.3) is 0 Å². The maximum atomic E-state index is 12.1. The highest BCUT2D eigenvalue weighted by Crippen LogP contribution is 2.26. The van der Waals surface area contributed by atoms with Crippen LogP contribution in [0.4, 0.5) is 0 Å². The molecular formula is C12H24O2. The molecule has 0 aliphatic rings. The number of carbonyl (C=O) groups is 1. The number of carbonyl (C=O) groups excluding carboxylic acids is 1. The molecule has 2 nitrogen and oxygen atoms in total. The second-order valence-corrected chi connectivity index (χ2v) is 4.90. The molecule has 0 aromatic carbocycles. The number of rotatable bonds is 5. The van der Waals surface area contributed by atoms with E-state index in [1.54, 1.807) is 7.11 Å². The Balaban J connectivity index is 4.61. The Morgan fingerprint density at radius 1 is 1.21 bits per heavy atom. The molecule has 0 bridgehead atoms. The monoisotopic (exact) mass is 200 g/mol. The largest absolute Gasteiger partial charge is 0.373 e. The zero-order valence-electron chi connectivity index (χ0n) is 10.4. The summed E-state index contributed by atoms with van der Waals surface area (Å²) in [6, 6.07) is 0. The maximum Gasteiger partial charge on any atom is 0.165 e. The summed E-state index contributed by atoms with van der Waals surface area (Å²) < 4.78 is 5.31. The fraction of sp³-hybridized carbons (Fsp3) is 0.917. The quantitative estimate of drug-likeness (QED) is 0.682. The first-order valence-electron chi connectivity index (χ1n) is 5.44. The van der Waals surface area contributed by atoms with Gasteiger partial charge >= 0.3 is 0 Å². The van der Waals surface area contributed by atoms with Gasteiger partial charge in [-0.1, -0.05) is 34.6 Å². The topological polar surface area (TPSA) is 26.3 Å². The van der Waals surface area contributed by atoms with Crippen molar-refractivity contribution in [3.05, 3.63) is 0 Å². The van der Waals surface area contributed by atoms with Crippen molar-refractivity contribution in [2.75, 3.05) is 7.11 Å².